The Morgan fingerprint density at radius 1 is 0.714 bits per heavy atom. The van der Waals surface area contributed by atoms with Crippen molar-refractivity contribution in [3.8, 4) is 0 Å². The molecule has 0 heterocycles. The fourth-order valence-electron chi connectivity index (χ4n) is 3.13. The standard InChI is InChI=1S/C14H30/c1-7-9-13(10-8-2)14(11(3)4)12(5)6/h11-14H,7-10H2,1-6H3. The van der Waals surface area contributed by atoms with E-state index < -0.39 is 0 Å². The van der Waals surface area contributed by atoms with Gasteiger partial charge in [-0.3, -0.25) is 0 Å². The van der Waals surface area contributed by atoms with Crippen LogP contribution in [0.4, 0.5) is 0 Å². The third kappa shape index (κ3) is 4.48. The van der Waals surface area contributed by atoms with Crippen LogP contribution in [-0.4, -0.2) is 0 Å². The van der Waals surface area contributed by atoms with Gasteiger partial charge >= 0.3 is 0 Å². The quantitative estimate of drug-likeness (QED) is 0.532. The summed E-state index contributed by atoms with van der Waals surface area (Å²) < 4.78 is 0. The summed E-state index contributed by atoms with van der Waals surface area (Å²) >= 11 is 0. The molecule has 0 aromatic rings. The number of hydrogen-bond acceptors (Lipinski definition) is 0. The summed E-state index contributed by atoms with van der Waals surface area (Å²) in [6.45, 7) is 14.2. The predicted octanol–water partition coefficient (Wildman–Crippen LogP) is 5.13. The fourth-order valence-corrected chi connectivity index (χ4v) is 3.13. The lowest BCUT2D eigenvalue weighted by molar-refractivity contribution is 0.165. The molecule has 0 rings (SSSR count). The molecule has 0 aromatic heterocycles. The Hall–Kier alpha value is 0. The average Bonchev–Trinajstić information content (AvgIpc) is 2.03. The molecule has 0 spiro atoms. The van der Waals surface area contributed by atoms with Gasteiger partial charge in [-0.25, -0.2) is 0 Å². The normalized spacial score (nSPS) is 12.4. The third-order valence-corrected chi connectivity index (χ3v) is 3.40. The van der Waals surface area contributed by atoms with E-state index in [0.717, 1.165) is 23.7 Å². The highest BCUT2D eigenvalue weighted by Crippen LogP contribution is 2.34. The lowest BCUT2D eigenvalue weighted by Gasteiger charge is -2.33. The van der Waals surface area contributed by atoms with E-state index in [0.29, 0.717) is 0 Å². The zero-order valence-electron chi connectivity index (χ0n) is 11.1. The third-order valence-electron chi connectivity index (χ3n) is 3.40. The summed E-state index contributed by atoms with van der Waals surface area (Å²) in [5.74, 6) is 3.58. The Kier molecular flexibility index (Phi) is 7.31. The van der Waals surface area contributed by atoms with Crippen LogP contribution < -0.4 is 0 Å². The lowest BCUT2D eigenvalue weighted by Crippen LogP contribution is -2.25. The summed E-state index contributed by atoms with van der Waals surface area (Å²) in [5.41, 5.74) is 0. The van der Waals surface area contributed by atoms with Crippen molar-refractivity contribution in [1.29, 1.82) is 0 Å². The van der Waals surface area contributed by atoms with E-state index in [4.69, 9.17) is 0 Å². The summed E-state index contributed by atoms with van der Waals surface area (Å²) in [7, 11) is 0. The highest BCUT2D eigenvalue weighted by atomic mass is 14.3. The Labute approximate surface area is 91.5 Å². The van der Waals surface area contributed by atoms with Crippen molar-refractivity contribution < 1.29 is 0 Å². The molecule has 0 aliphatic carbocycles. The molecule has 0 saturated heterocycles. The van der Waals surface area contributed by atoms with Gasteiger partial charge in [-0.1, -0.05) is 67.2 Å². The monoisotopic (exact) mass is 198 g/mol. The van der Waals surface area contributed by atoms with Crippen LogP contribution in [0.1, 0.15) is 67.2 Å². The van der Waals surface area contributed by atoms with E-state index in [2.05, 4.69) is 41.5 Å². The Morgan fingerprint density at radius 3 is 1.29 bits per heavy atom. The summed E-state index contributed by atoms with van der Waals surface area (Å²) in [4.78, 5) is 0. The van der Waals surface area contributed by atoms with Crippen molar-refractivity contribution in [3.63, 3.8) is 0 Å². The van der Waals surface area contributed by atoms with E-state index in [-0.39, 0.29) is 0 Å². The smallest absolute Gasteiger partial charge is 0.0340 e. The minimum Gasteiger partial charge on any atom is -0.0654 e. The van der Waals surface area contributed by atoms with E-state index in [1.54, 1.807) is 0 Å². The van der Waals surface area contributed by atoms with Gasteiger partial charge in [0.1, 0.15) is 0 Å². The van der Waals surface area contributed by atoms with Gasteiger partial charge in [0.2, 0.25) is 0 Å². The molecular weight excluding hydrogens is 168 g/mol. The first-order chi connectivity index (χ1) is 6.54. The molecule has 86 valence electrons. The maximum atomic E-state index is 2.39. The van der Waals surface area contributed by atoms with Crippen molar-refractivity contribution in [3.05, 3.63) is 0 Å². The second-order valence-corrected chi connectivity index (χ2v) is 5.40. The molecule has 0 N–H and O–H groups in total. The van der Waals surface area contributed by atoms with Gasteiger partial charge in [0.25, 0.3) is 0 Å². The highest BCUT2D eigenvalue weighted by molar-refractivity contribution is 4.75. The maximum Gasteiger partial charge on any atom is -0.0340 e. The average molecular weight is 198 g/mol. The van der Waals surface area contributed by atoms with Gasteiger partial charge in [0, 0.05) is 0 Å². The van der Waals surface area contributed by atoms with E-state index >= 15 is 0 Å². The van der Waals surface area contributed by atoms with Crippen molar-refractivity contribution in [2.45, 2.75) is 67.2 Å². The Balaban J connectivity index is 4.37. The summed E-state index contributed by atoms with van der Waals surface area (Å²) in [6.07, 6.45) is 5.55. The number of hydrogen-bond donors (Lipinski definition) is 0. The summed E-state index contributed by atoms with van der Waals surface area (Å²) in [6, 6.07) is 0. The molecule has 0 bridgehead atoms. The predicted molar refractivity (Wildman–Crippen MR) is 66.5 cm³/mol. The fraction of sp³-hybridized carbons (Fsp3) is 1.00. The molecule has 0 fully saturated rings. The zero-order chi connectivity index (χ0) is 11.1. The minimum absolute atomic E-state index is 0.845. The van der Waals surface area contributed by atoms with Gasteiger partial charge in [-0.15, -0.1) is 0 Å². The molecule has 0 nitrogen and oxygen atoms in total. The van der Waals surface area contributed by atoms with Gasteiger partial charge in [-0.2, -0.15) is 0 Å². The van der Waals surface area contributed by atoms with Crippen LogP contribution >= 0.6 is 0 Å². The van der Waals surface area contributed by atoms with Crippen LogP contribution in [0.25, 0.3) is 0 Å². The Bertz CT molecular complexity index is 110. The lowest BCUT2D eigenvalue weighted by atomic mass is 9.72. The van der Waals surface area contributed by atoms with E-state index in [9.17, 15) is 0 Å². The van der Waals surface area contributed by atoms with Crippen molar-refractivity contribution >= 4 is 0 Å². The molecule has 0 heteroatoms. The first-order valence-electron chi connectivity index (χ1n) is 6.54. The first kappa shape index (κ1) is 14.0. The van der Waals surface area contributed by atoms with Crippen LogP contribution in [0.2, 0.25) is 0 Å². The van der Waals surface area contributed by atoms with Crippen molar-refractivity contribution in [1.82, 2.24) is 0 Å². The van der Waals surface area contributed by atoms with Gasteiger partial charge in [-0.05, 0) is 23.7 Å². The second kappa shape index (κ2) is 7.31. The zero-order valence-corrected chi connectivity index (χ0v) is 11.1. The topological polar surface area (TPSA) is 0 Å². The molecule has 0 atom stereocenters. The van der Waals surface area contributed by atoms with Crippen LogP contribution in [0.3, 0.4) is 0 Å². The van der Waals surface area contributed by atoms with E-state index in [1.165, 1.54) is 25.7 Å². The Morgan fingerprint density at radius 2 is 1.07 bits per heavy atom. The minimum atomic E-state index is 0.845. The maximum absolute atomic E-state index is 2.39. The highest BCUT2D eigenvalue weighted by Gasteiger charge is 2.25. The molecule has 0 aromatic carbocycles. The van der Waals surface area contributed by atoms with Crippen LogP contribution in [0, 0.1) is 23.7 Å². The van der Waals surface area contributed by atoms with Crippen LogP contribution in [0.15, 0.2) is 0 Å². The first-order valence-corrected chi connectivity index (χ1v) is 6.54. The molecule has 0 saturated carbocycles. The molecule has 0 radical (unpaired) electrons. The molecule has 0 unspecified atom stereocenters. The van der Waals surface area contributed by atoms with Crippen LogP contribution in [-0.2, 0) is 0 Å². The van der Waals surface area contributed by atoms with Gasteiger partial charge in [0.15, 0.2) is 0 Å². The van der Waals surface area contributed by atoms with Gasteiger partial charge < -0.3 is 0 Å². The molecule has 0 aliphatic rings. The SMILES string of the molecule is CCCC(CCC)C(C(C)C)C(C)C. The number of rotatable bonds is 7. The second-order valence-electron chi connectivity index (χ2n) is 5.40. The summed E-state index contributed by atoms with van der Waals surface area (Å²) in [5, 5.41) is 0. The van der Waals surface area contributed by atoms with Crippen LogP contribution in [0.5, 0.6) is 0 Å². The van der Waals surface area contributed by atoms with Crippen molar-refractivity contribution in [2.24, 2.45) is 23.7 Å². The van der Waals surface area contributed by atoms with E-state index in [1.807, 2.05) is 0 Å². The largest absolute Gasteiger partial charge is 0.0654 e. The van der Waals surface area contributed by atoms with Crippen molar-refractivity contribution in [2.75, 3.05) is 0 Å². The van der Waals surface area contributed by atoms with Gasteiger partial charge in [0.05, 0.1) is 0 Å². The molecule has 14 heavy (non-hydrogen) atoms. The molecule has 0 amide bonds. The molecular formula is C14H30. The molecule has 0 aliphatic heterocycles.